The van der Waals surface area contributed by atoms with Crippen molar-refractivity contribution in [2.45, 2.75) is 181 Å². The number of carbonyl (C=O) groups is 3. The van der Waals surface area contributed by atoms with Gasteiger partial charge in [-0.05, 0) is 83.5 Å². The molecule has 0 saturated carbocycles. The van der Waals surface area contributed by atoms with Crippen molar-refractivity contribution in [3.8, 4) is 0 Å². The highest BCUT2D eigenvalue weighted by atomic mass is 16.6. The van der Waals surface area contributed by atoms with E-state index in [4.69, 9.17) is 14.2 Å². The Labute approximate surface area is 349 Å². The van der Waals surface area contributed by atoms with Crippen LogP contribution in [-0.2, 0) is 28.6 Å². The highest BCUT2D eigenvalue weighted by molar-refractivity contribution is 5.71. The Kier molecular flexibility index (Phi) is 41.7. The highest BCUT2D eigenvalue weighted by Crippen LogP contribution is 2.12. The van der Waals surface area contributed by atoms with Gasteiger partial charge in [0.15, 0.2) is 6.10 Å². The molecule has 0 amide bonds. The van der Waals surface area contributed by atoms with Gasteiger partial charge < -0.3 is 14.2 Å². The van der Waals surface area contributed by atoms with E-state index in [0.717, 1.165) is 103 Å². The fraction of sp³-hybridized carbons (Fsp3) is 0.588. The van der Waals surface area contributed by atoms with Crippen LogP contribution in [0.25, 0.3) is 0 Å². The van der Waals surface area contributed by atoms with Gasteiger partial charge >= 0.3 is 17.9 Å². The van der Waals surface area contributed by atoms with E-state index in [2.05, 4.69) is 75.5 Å². The zero-order valence-corrected chi connectivity index (χ0v) is 36.3. The largest absolute Gasteiger partial charge is 0.462 e. The summed E-state index contributed by atoms with van der Waals surface area (Å²) in [6.45, 7) is 6.16. The van der Waals surface area contributed by atoms with Crippen LogP contribution in [0.3, 0.4) is 0 Å². The molecule has 0 spiro atoms. The lowest BCUT2D eigenvalue weighted by atomic mass is 10.1. The summed E-state index contributed by atoms with van der Waals surface area (Å²) in [5.74, 6) is -1.03. The number of rotatable bonds is 38. The van der Waals surface area contributed by atoms with Crippen LogP contribution in [0.4, 0.5) is 0 Å². The molecular formula is C51H80O6. The van der Waals surface area contributed by atoms with E-state index in [1.807, 2.05) is 54.7 Å². The maximum absolute atomic E-state index is 12.7. The lowest BCUT2D eigenvalue weighted by molar-refractivity contribution is -0.167. The smallest absolute Gasteiger partial charge is 0.306 e. The summed E-state index contributed by atoms with van der Waals surface area (Å²) in [7, 11) is 0. The van der Waals surface area contributed by atoms with Crippen LogP contribution in [0.2, 0.25) is 0 Å². The van der Waals surface area contributed by atoms with Gasteiger partial charge in [-0.3, -0.25) is 14.4 Å². The molecule has 0 aliphatic carbocycles. The molecule has 0 aromatic heterocycles. The SMILES string of the molecule is CC\C=C/C=C\C=C/C=C\C=C/CCCC(=O)OC(COC(=O)CCCCCCC/C=C\C/C=C\CC)COC(=O)CCCCCCCCC/C=C\C/C=C\CC. The van der Waals surface area contributed by atoms with Crippen molar-refractivity contribution in [2.24, 2.45) is 0 Å². The molecule has 0 rings (SSSR count). The van der Waals surface area contributed by atoms with Crippen molar-refractivity contribution in [1.29, 1.82) is 0 Å². The van der Waals surface area contributed by atoms with E-state index in [0.29, 0.717) is 19.3 Å². The Morgan fingerprint density at radius 2 is 0.737 bits per heavy atom. The third kappa shape index (κ3) is 43.0. The second-order valence-electron chi connectivity index (χ2n) is 14.3. The first-order chi connectivity index (χ1) is 28.0. The average molecular weight is 789 g/mol. The van der Waals surface area contributed by atoms with E-state index in [1.165, 1.54) is 25.7 Å². The number of carbonyl (C=O) groups excluding carboxylic acids is 3. The van der Waals surface area contributed by atoms with Gasteiger partial charge in [-0.2, -0.15) is 0 Å². The number of hydrogen-bond donors (Lipinski definition) is 0. The number of hydrogen-bond acceptors (Lipinski definition) is 6. The molecule has 1 atom stereocenters. The molecule has 0 saturated heterocycles. The predicted molar refractivity (Wildman–Crippen MR) is 242 cm³/mol. The van der Waals surface area contributed by atoms with E-state index in [-0.39, 0.29) is 31.6 Å². The quantitative estimate of drug-likeness (QED) is 0.0204. The van der Waals surface area contributed by atoms with Crippen LogP contribution in [-0.4, -0.2) is 37.2 Å². The fourth-order valence-corrected chi connectivity index (χ4v) is 5.60. The van der Waals surface area contributed by atoms with Crippen LogP contribution in [0.5, 0.6) is 0 Å². The third-order valence-corrected chi connectivity index (χ3v) is 8.88. The summed E-state index contributed by atoms with van der Waals surface area (Å²) >= 11 is 0. The molecule has 0 aromatic rings. The maximum atomic E-state index is 12.7. The van der Waals surface area contributed by atoms with Gasteiger partial charge in [0.25, 0.3) is 0 Å². The van der Waals surface area contributed by atoms with Crippen molar-refractivity contribution >= 4 is 17.9 Å². The molecule has 6 nitrogen and oxygen atoms in total. The van der Waals surface area contributed by atoms with Gasteiger partial charge in [-0.25, -0.2) is 0 Å². The number of allylic oxidation sites excluding steroid dienone is 18. The highest BCUT2D eigenvalue weighted by Gasteiger charge is 2.19. The van der Waals surface area contributed by atoms with Crippen molar-refractivity contribution in [1.82, 2.24) is 0 Å². The van der Waals surface area contributed by atoms with E-state index < -0.39 is 12.1 Å². The standard InChI is InChI=1S/C51H80O6/c1-4-7-10-13-16-19-22-25-27-29-32-35-38-41-44-50(53)56-47-48(46-55-49(52)43-40-37-34-31-28-24-21-18-15-12-9-6-3)57-51(54)45-42-39-36-33-30-26-23-20-17-14-11-8-5-2/h7-12,14,16-21,23,26,30,33,36,48H,4-6,13,15,22,24-25,27-29,31-32,34-35,37-47H2,1-3H3/b10-7-,11-8-,12-9-,17-14-,19-16-,21-18-,23-20-,30-26-,36-33-. The van der Waals surface area contributed by atoms with Crippen LogP contribution in [0.1, 0.15) is 175 Å². The van der Waals surface area contributed by atoms with Crippen molar-refractivity contribution < 1.29 is 28.6 Å². The predicted octanol–water partition coefficient (Wildman–Crippen LogP) is 14.4. The molecule has 0 aromatic carbocycles. The van der Waals surface area contributed by atoms with Gasteiger partial charge in [0, 0.05) is 19.3 Å². The van der Waals surface area contributed by atoms with Gasteiger partial charge in [0.1, 0.15) is 13.2 Å². The minimum atomic E-state index is -0.824. The first kappa shape index (κ1) is 53.1. The maximum Gasteiger partial charge on any atom is 0.306 e. The normalized spacial score (nSPS) is 13.1. The summed E-state index contributed by atoms with van der Waals surface area (Å²) in [6.07, 6.45) is 59.4. The number of esters is 3. The summed E-state index contributed by atoms with van der Waals surface area (Å²) < 4.78 is 16.6. The number of ether oxygens (including phenoxy) is 3. The van der Waals surface area contributed by atoms with Crippen molar-refractivity contribution in [2.75, 3.05) is 13.2 Å². The summed E-state index contributed by atoms with van der Waals surface area (Å²) in [6, 6.07) is 0. The Morgan fingerprint density at radius 1 is 0.368 bits per heavy atom. The van der Waals surface area contributed by atoms with E-state index >= 15 is 0 Å². The lowest BCUT2D eigenvalue weighted by Crippen LogP contribution is -2.30. The zero-order valence-electron chi connectivity index (χ0n) is 36.3. The topological polar surface area (TPSA) is 78.9 Å². The minimum Gasteiger partial charge on any atom is -0.462 e. The first-order valence-electron chi connectivity index (χ1n) is 22.5. The van der Waals surface area contributed by atoms with Crippen molar-refractivity contribution in [3.63, 3.8) is 0 Å². The van der Waals surface area contributed by atoms with Gasteiger partial charge in [0.2, 0.25) is 0 Å². The monoisotopic (exact) mass is 789 g/mol. The van der Waals surface area contributed by atoms with Crippen LogP contribution < -0.4 is 0 Å². The molecule has 0 fully saturated rings. The lowest BCUT2D eigenvalue weighted by Gasteiger charge is -2.18. The number of unbranched alkanes of at least 4 members (excludes halogenated alkanes) is 13. The molecule has 0 aliphatic rings. The zero-order chi connectivity index (χ0) is 41.5. The second-order valence-corrected chi connectivity index (χ2v) is 14.3. The second kappa shape index (κ2) is 44.8. The Hall–Kier alpha value is -3.93. The average Bonchev–Trinajstić information content (AvgIpc) is 3.21. The Morgan fingerprint density at radius 3 is 1.21 bits per heavy atom. The molecule has 0 radical (unpaired) electrons. The van der Waals surface area contributed by atoms with Gasteiger partial charge in [-0.1, -0.05) is 182 Å². The molecule has 0 aliphatic heterocycles. The third-order valence-electron chi connectivity index (χ3n) is 8.88. The van der Waals surface area contributed by atoms with Crippen LogP contribution in [0.15, 0.2) is 109 Å². The fourth-order valence-electron chi connectivity index (χ4n) is 5.60. The molecule has 0 N–H and O–H groups in total. The minimum absolute atomic E-state index is 0.118. The van der Waals surface area contributed by atoms with E-state index in [9.17, 15) is 14.4 Å². The summed E-state index contributed by atoms with van der Waals surface area (Å²) in [5, 5.41) is 0. The first-order valence-corrected chi connectivity index (χ1v) is 22.5. The molecule has 0 bridgehead atoms. The van der Waals surface area contributed by atoms with Gasteiger partial charge in [0.05, 0.1) is 0 Å². The van der Waals surface area contributed by atoms with Crippen LogP contribution >= 0.6 is 0 Å². The summed E-state index contributed by atoms with van der Waals surface area (Å²) in [4.78, 5) is 37.7. The Balaban J connectivity index is 4.55. The van der Waals surface area contributed by atoms with E-state index in [1.54, 1.807) is 0 Å². The molecule has 57 heavy (non-hydrogen) atoms. The molecule has 0 heterocycles. The molecule has 1 unspecified atom stereocenters. The summed E-state index contributed by atoms with van der Waals surface area (Å²) in [5.41, 5.74) is 0. The molecular weight excluding hydrogens is 709 g/mol. The Bertz CT molecular complexity index is 1230. The van der Waals surface area contributed by atoms with Crippen LogP contribution in [0, 0.1) is 0 Å². The molecule has 320 valence electrons. The van der Waals surface area contributed by atoms with Gasteiger partial charge in [-0.15, -0.1) is 0 Å². The van der Waals surface area contributed by atoms with Crippen molar-refractivity contribution in [3.05, 3.63) is 109 Å². The molecule has 6 heteroatoms.